The summed E-state index contributed by atoms with van der Waals surface area (Å²) in [4.78, 5) is 0. The topological polar surface area (TPSA) is 70.8 Å². The normalized spacial score (nSPS) is 16.2. The molecule has 1 saturated carbocycles. The van der Waals surface area contributed by atoms with Gasteiger partial charge in [0.1, 0.15) is 11.9 Å². The Morgan fingerprint density at radius 2 is 2.29 bits per heavy atom. The first-order valence-electron chi connectivity index (χ1n) is 5.75. The van der Waals surface area contributed by atoms with E-state index in [2.05, 4.69) is 15.5 Å². The van der Waals surface area contributed by atoms with Gasteiger partial charge >= 0.3 is 0 Å². The second-order valence-corrected chi connectivity index (χ2v) is 4.51. The first-order valence-corrected chi connectivity index (χ1v) is 5.75. The molecule has 1 fully saturated rings. The van der Waals surface area contributed by atoms with E-state index in [1.54, 1.807) is 19.2 Å². The van der Waals surface area contributed by atoms with Crippen LogP contribution in [0.25, 0.3) is 0 Å². The summed E-state index contributed by atoms with van der Waals surface area (Å²) in [6, 6.07) is 5.41. The monoisotopic (exact) mass is 232 g/mol. The molecule has 1 heterocycles. The van der Waals surface area contributed by atoms with Gasteiger partial charge in [0.15, 0.2) is 5.69 Å². The molecule has 1 aliphatic rings. The standard InChI is InChI=1S/C12H16N4O/c1-17-7-6-12(4-5-12)9-14-11-3-2-10(8-13)15-16-11/h2-3H,4-7,9H2,1H3,(H,14,16). The van der Waals surface area contributed by atoms with Crippen molar-refractivity contribution >= 4 is 5.82 Å². The number of nitrogens with zero attached hydrogens (tertiary/aromatic N) is 3. The van der Waals surface area contributed by atoms with E-state index in [0.717, 1.165) is 25.4 Å². The van der Waals surface area contributed by atoms with Crippen LogP contribution in [0.3, 0.4) is 0 Å². The van der Waals surface area contributed by atoms with Crippen molar-refractivity contribution in [2.24, 2.45) is 5.41 Å². The smallest absolute Gasteiger partial charge is 0.163 e. The fraction of sp³-hybridized carbons (Fsp3) is 0.583. The molecule has 5 heteroatoms. The molecule has 0 bridgehead atoms. The van der Waals surface area contributed by atoms with Crippen LogP contribution in [0.5, 0.6) is 0 Å². The number of nitrogens with one attached hydrogen (secondary N) is 1. The molecule has 5 nitrogen and oxygen atoms in total. The Morgan fingerprint density at radius 3 is 2.82 bits per heavy atom. The molecule has 0 radical (unpaired) electrons. The lowest BCUT2D eigenvalue weighted by molar-refractivity contribution is 0.175. The van der Waals surface area contributed by atoms with Gasteiger partial charge < -0.3 is 10.1 Å². The highest BCUT2D eigenvalue weighted by molar-refractivity contribution is 5.35. The zero-order valence-electron chi connectivity index (χ0n) is 9.94. The summed E-state index contributed by atoms with van der Waals surface area (Å²) >= 11 is 0. The van der Waals surface area contributed by atoms with Gasteiger partial charge in [-0.3, -0.25) is 0 Å². The number of ether oxygens (including phenoxy) is 1. The maximum absolute atomic E-state index is 8.61. The Balaban J connectivity index is 1.83. The predicted octanol–water partition coefficient (Wildman–Crippen LogP) is 1.58. The number of rotatable bonds is 6. The van der Waals surface area contributed by atoms with E-state index >= 15 is 0 Å². The van der Waals surface area contributed by atoms with Crippen LogP contribution in [0.4, 0.5) is 5.82 Å². The van der Waals surface area contributed by atoms with Gasteiger partial charge in [0.05, 0.1) is 0 Å². The number of hydrogen-bond acceptors (Lipinski definition) is 5. The van der Waals surface area contributed by atoms with Gasteiger partial charge in [-0.15, -0.1) is 10.2 Å². The molecule has 0 aliphatic heterocycles. The number of nitriles is 1. The minimum atomic E-state index is 0.344. The van der Waals surface area contributed by atoms with Crippen molar-refractivity contribution in [2.45, 2.75) is 19.3 Å². The summed E-state index contributed by atoms with van der Waals surface area (Å²) in [6.07, 6.45) is 3.57. The number of methoxy groups -OCH3 is 1. The van der Waals surface area contributed by atoms with Crippen LogP contribution in [0.1, 0.15) is 25.0 Å². The average Bonchev–Trinajstić information content (AvgIpc) is 3.15. The van der Waals surface area contributed by atoms with Gasteiger partial charge in [0.2, 0.25) is 0 Å². The van der Waals surface area contributed by atoms with Crippen molar-refractivity contribution in [2.75, 3.05) is 25.6 Å². The van der Waals surface area contributed by atoms with Crippen molar-refractivity contribution in [3.05, 3.63) is 17.8 Å². The maximum Gasteiger partial charge on any atom is 0.163 e. The largest absolute Gasteiger partial charge is 0.385 e. The Morgan fingerprint density at radius 1 is 1.47 bits per heavy atom. The first kappa shape index (κ1) is 11.8. The molecule has 1 aromatic rings. The summed E-state index contributed by atoms with van der Waals surface area (Å²) in [6.45, 7) is 1.71. The predicted molar refractivity (Wildman–Crippen MR) is 63.4 cm³/mol. The summed E-state index contributed by atoms with van der Waals surface area (Å²) in [5.41, 5.74) is 0.724. The molecule has 2 rings (SSSR count). The zero-order valence-corrected chi connectivity index (χ0v) is 9.94. The maximum atomic E-state index is 8.61. The fourth-order valence-corrected chi connectivity index (χ4v) is 1.77. The van der Waals surface area contributed by atoms with Gasteiger partial charge in [0.25, 0.3) is 0 Å². The average molecular weight is 232 g/mol. The van der Waals surface area contributed by atoms with Crippen molar-refractivity contribution in [1.82, 2.24) is 10.2 Å². The highest BCUT2D eigenvalue weighted by Gasteiger charge is 2.41. The highest BCUT2D eigenvalue weighted by Crippen LogP contribution is 2.48. The minimum absolute atomic E-state index is 0.344. The summed E-state index contributed by atoms with van der Waals surface area (Å²) < 4.78 is 5.11. The molecule has 17 heavy (non-hydrogen) atoms. The molecule has 0 atom stereocenters. The van der Waals surface area contributed by atoms with E-state index in [9.17, 15) is 0 Å². The van der Waals surface area contributed by atoms with Crippen LogP contribution in [-0.4, -0.2) is 30.5 Å². The molecule has 1 N–H and O–H groups in total. The molecular weight excluding hydrogens is 216 g/mol. The highest BCUT2D eigenvalue weighted by atomic mass is 16.5. The Kier molecular flexibility index (Phi) is 3.55. The van der Waals surface area contributed by atoms with Crippen molar-refractivity contribution in [1.29, 1.82) is 5.26 Å². The van der Waals surface area contributed by atoms with Gasteiger partial charge in [-0.1, -0.05) is 0 Å². The quantitative estimate of drug-likeness (QED) is 0.806. The molecule has 0 unspecified atom stereocenters. The van der Waals surface area contributed by atoms with E-state index in [4.69, 9.17) is 10.00 Å². The van der Waals surface area contributed by atoms with E-state index in [-0.39, 0.29) is 0 Å². The molecule has 0 saturated heterocycles. The van der Waals surface area contributed by atoms with Crippen LogP contribution < -0.4 is 5.32 Å². The third-order valence-electron chi connectivity index (χ3n) is 3.22. The van der Waals surface area contributed by atoms with Crippen LogP contribution in [-0.2, 0) is 4.74 Å². The lowest BCUT2D eigenvalue weighted by Gasteiger charge is -2.15. The second-order valence-electron chi connectivity index (χ2n) is 4.51. The minimum Gasteiger partial charge on any atom is -0.385 e. The molecule has 1 aromatic heterocycles. The van der Waals surface area contributed by atoms with E-state index in [0.29, 0.717) is 11.1 Å². The third kappa shape index (κ3) is 3.14. The lowest BCUT2D eigenvalue weighted by Crippen LogP contribution is -2.18. The number of anilines is 1. The van der Waals surface area contributed by atoms with Crippen molar-refractivity contribution < 1.29 is 4.74 Å². The fourth-order valence-electron chi connectivity index (χ4n) is 1.77. The van der Waals surface area contributed by atoms with E-state index in [1.165, 1.54) is 12.8 Å². The van der Waals surface area contributed by atoms with Crippen molar-refractivity contribution in [3.63, 3.8) is 0 Å². The Labute approximate surface area is 101 Å². The summed E-state index contributed by atoms with van der Waals surface area (Å²) in [5.74, 6) is 0.729. The van der Waals surface area contributed by atoms with Gasteiger partial charge in [-0.2, -0.15) is 5.26 Å². The van der Waals surface area contributed by atoms with Crippen LogP contribution in [0.2, 0.25) is 0 Å². The SMILES string of the molecule is COCCC1(CNc2ccc(C#N)nn2)CC1. The number of aromatic nitrogens is 2. The van der Waals surface area contributed by atoms with Gasteiger partial charge in [-0.25, -0.2) is 0 Å². The molecule has 0 spiro atoms. The Bertz CT molecular complexity index is 406. The van der Waals surface area contributed by atoms with Crippen molar-refractivity contribution in [3.8, 4) is 6.07 Å². The molecule has 1 aliphatic carbocycles. The van der Waals surface area contributed by atoms with Gasteiger partial charge in [0, 0.05) is 20.3 Å². The second kappa shape index (κ2) is 5.11. The van der Waals surface area contributed by atoms with Crippen LogP contribution in [0, 0.1) is 16.7 Å². The van der Waals surface area contributed by atoms with E-state index < -0.39 is 0 Å². The van der Waals surface area contributed by atoms with Crippen LogP contribution >= 0.6 is 0 Å². The zero-order chi connectivity index (χ0) is 12.1. The third-order valence-corrected chi connectivity index (χ3v) is 3.22. The molecule has 0 amide bonds. The lowest BCUT2D eigenvalue weighted by atomic mass is 10.0. The summed E-state index contributed by atoms with van der Waals surface area (Å²) in [5, 5.41) is 19.6. The molecule has 0 aromatic carbocycles. The van der Waals surface area contributed by atoms with Crippen LogP contribution in [0.15, 0.2) is 12.1 Å². The van der Waals surface area contributed by atoms with Gasteiger partial charge in [-0.05, 0) is 36.8 Å². The Hall–Kier alpha value is -1.67. The first-order chi connectivity index (χ1) is 8.28. The van der Waals surface area contributed by atoms with E-state index in [1.807, 2.05) is 6.07 Å². The molecule has 90 valence electrons. The molecular formula is C12H16N4O. The summed E-state index contributed by atoms with van der Waals surface area (Å²) in [7, 11) is 1.73. The number of hydrogen-bond donors (Lipinski definition) is 1.